The number of likely N-dealkylation sites (N-methyl/N-ethyl adjacent to an activating group) is 1. The predicted octanol–water partition coefficient (Wildman–Crippen LogP) is 3.75. The molecule has 1 unspecified atom stereocenters. The SMILES string of the molecule is CNC(Cc1cccc(F)c1F)c1cccc(F)c1F. The van der Waals surface area contributed by atoms with Crippen LogP contribution < -0.4 is 5.32 Å². The zero-order valence-electron chi connectivity index (χ0n) is 10.8. The molecular formula is C15H13F4N. The Labute approximate surface area is 114 Å². The van der Waals surface area contributed by atoms with E-state index in [1.165, 1.54) is 24.3 Å². The lowest BCUT2D eigenvalue weighted by atomic mass is 9.98. The largest absolute Gasteiger partial charge is 0.313 e. The Hall–Kier alpha value is -1.88. The van der Waals surface area contributed by atoms with Gasteiger partial charge in [0.25, 0.3) is 0 Å². The van der Waals surface area contributed by atoms with Gasteiger partial charge < -0.3 is 5.32 Å². The quantitative estimate of drug-likeness (QED) is 0.843. The highest BCUT2D eigenvalue weighted by atomic mass is 19.2. The highest BCUT2D eigenvalue weighted by Crippen LogP contribution is 2.24. The van der Waals surface area contributed by atoms with Gasteiger partial charge in [0, 0.05) is 11.6 Å². The summed E-state index contributed by atoms with van der Waals surface area (Å²) >= 11 is 0. The standard InChI is InChI=1S/C15H13F4N/c1-20-13(10-5-3-7-12(17)15(10)19)8-9-4-2-6-11(16)14(9)18/h2-7,13,20H,8H2,1H3. The molecule has 1 atom stereocenters. The van der Waals surface area contributed by atoms with Gasteiger partial charge in [-0.2, -0.15) is 0 Å². The molecule has 0 aromatic heterocycles. The van der Waals surface area contributed by atoms with Gasteiger partial charge in [-0.05, 0) is 31.2 Å². The van der Waals surface area contributed by atoms with Crippen molar-refractivity contribution < 1.29 is 17.6 Å². The molecule has 1 N–H and O–H groups in total. The van der Waals surface area contributed by atoms with E-state index < -0.39 is 29.3 Å². The minimum atomic E-state index is -0.983. The van der Waals surface area contributed by atoms with Gasteiger partial charge in [-0.15, -0.1) is 0 Å². The zero-order chi connectivity index (χ0) is 14.7. The van der Waals surface area contributed by atoms with Crippen LogP contribution >= 0.6 is 0 Å². The number of rotatable bonds is 4. The van der Waals surface area contributed by atoms with Crippen molar-refractivity contribution >= 4 is 0 Å². The summed E-state index contributed by atoms with van der Waals surface area (Å²) in [5.41, 5.74) is 0.184. The summed E-state index contributed by atoms with van der Waals surface area (Å²) < 4.78 is 53.7. The zero-order valence-corrected chi connectivity index (χ0v) is 10.8. The Bertz CT molecular complexity index is 613. The van der Waals surface area contributed by atoms with E-state index in [2.05, 4.69) is 5.32 Å². The molecule has 20 heavy (non-hydrogen) atoms. The van der Waals surface area contributed by atoms with E-state index >= 15 is 0 Å². The lowest BCUT2D eigenvalue weighted by molar-refractivity contribution is 0.461. The fraction of sp³-hybridized carbons (Fsp3) is 0.200. The Morgan fingerprint density at radius 3 is 2.15 bits per heavy atom. The molecular weight excluding hydrogens is 270 g/mol. The van der Waals surface area contributed by atoms with E-state index in [1.807, 2.05) is 0 Å². The van der Waals surface area contributed by atoms with Crippen molar-refractivity contribution in [2.24, 2.45) is 0 Å². The number of nitrogens with one attached hydrogen (secondary N) is 1. The van der Waals surface area contributed by atoms with Gasteiger partial charge in [-0.1, -0.05) is 24.3 Å². The maximum atomic E-state index is 13.7. The summed E-state index contributed by atoms with van der Waals surface area (Å²) in [5.74, 6) is -3.88. The number of hydrogen-bond acceptors (Lipinski definition) is 1. The molecule has 2 rings (SSSR count). The van der Waals surface area contributed by atoms with Gasteiger partial charge in [0.05, 0.1) is 0 Å². The second-order valence-corrected chi connectivity index (χ2v) is 4.40. The lowest BCUT2D eigenvalue weighted by Crippen LogP contribution is -2.21. The van der Waals surface area contributed by atoms with E-state index in [0.717, 1.165) is 12.1 Å². The third kappa shape index (κ3) is 2.82. The van der Waals surface area contributed by atoms with Crippen LogP contribution in [0.4, 0.5) is 17.6 Å². The summed E-state index contributed by atoms with van der Waals surface area (Å²) in [6.07, 6.45) is 0.0144. The molecule has 2 aromatic carbocycles. The summed E-state index contributed by atoms with van der Waals surface area (Å²) in [5, 5.41) is 2.79. The number of benzene rings is 2. The van der Waals surface area contributed by atoms with E-state index in [0.29, 0.717) is 0 Å². The van der Waals surface area contributed by atoms with Crippen molar-refractivity contribution in [3.8, 4) is 0 Å². The third-order valence-electron chi connectivity index (χ3n) is 3.16. The molecule has 0 aliphatic heterocycles. The molecule has 0 aliphatic rings. The van der Waals surface area contributed by atoms with Crippen molar-refractivity contribution in [3.63, 3.8) is 0 Å². The van der Waals surface area contributed by atoms with Crippen LogP contribution in [0, 0.1) is 23.3 Å². The smallest absolute Gasteiger partial charge is 0.163 e. The molecule has 0 amide bonds. The average molecular weight is 283 g/mol. The van der Waals surface area contributed by atoms with Crippen LogP contribution in [0.1, 0.15) is 17.2 Å². The topological polar surface area (TPSA) is 12.0 Å². The molecule has 0 bridgehead atoms. The second-order valence-electron chi connectivity index (χ2n) is 4.40. The normalized spacial score (nSPS) is 12.4. The first-order valence-electron chi connectivity index (χ1n) is 6.08. The van der Waals surface area contributed by atoms with E-state index in [9.17, 15) is 17.6 Å². The molecule has 0 radical (unpaired) electrons. The van der Waals surface area contributed by atoms with E-state index in [4.69, 9.17) is 0 Å². The monoisotopic (exact) mass is 283 g/mol. The number of halogens is 4. The molecule has 0 fully saturated rings. The van der Waals surface area contributed by atoms with Crippen molar-refractivity contribution in [3.05, 3.63) is 70.8 Å². The minimum Gasteiger partial charge on any atom is -0.313 e. The van der Waals surface area contributed by atoms with Gasteiger partial charge in [-0.3, -0.25) is 0 Å². The average Bonchev–Trinajstić information content (AvgIpc) is 2.44. The van der Waals surface area contributed by atoms with Gasteiger partial charge in [0.1, 0.15) is 0 Å². The Morgan fingerprint density at radius 2 is 1.50 bits per heavy atom. The number of hydrogen-bond donors (Lipinski definition) is 1. The summed E-state index contributed by atoms with van der Waals surface area (Å²) in [7, 11) is 1.55. The second kappa shape index (κ2) is 6.05. The van der Waals surface area contributed by atoms with Gasteiger partial charge in [0.2, 0.25) is 0 Å². The summed E-state index contributed by atoms with van der Waals surface area (Å²) in [4.78, 5) is 0. The van der Waals surface area contributed by atoms with E-state index in [-0.39, 0.29) is 17.5 Å². The Balaban J connectivity index is 2.34. The van der Waals surface area contributed by atoms with Gasteiger partial charge >= 0.3 is 0 Å². The van der Waals surface area contributed by atoms with Crippen LogP contribution in [0.5, 0.6) is 0 Å². The maximum absolute atomic E-state index is 13.7. The van der Waals surface area contributed by atoms with Crippen LogP contribution in [0.15, 0.2) is 36.4 Å². The van der Waals surface area contributed by atoms with Crippen molar-refractivity contribution in [1.82, 2.24) is 5.32 Å². The lowest BCUT2D eigenvalue weighted by Gasteiger charge is -2.18. The van der Waals surface area contributed by atoms with Gasteiger partial charge in [0.15, 0.2) is 23.3 Å². The minimum absolute atomic E-state index is 0.0144. The molecule has 0 saturated heterocycles. The molecule has 0 heterocycles. The first-order chi connectivity index (χ1) is 9.54. The first-order valence-corrected chi connectivity index (χ1v) is 6.08. The molecule has 2 aromatic rings. The molecule has 0 spiro atoms. The van der Waals surface area contributed by atoms with Crippen molar-refractivity contribution in [2.75, 3.05) is 7.05 Å². The summed E-state index contributed by atoms with van der Waals surface area (Å²) in [6, 6.07) is 6.95. The van der Waals surface area contributed by atoms with Gasteiger partial charge in [-0.25, -0.2) is 17.6 Å². The highest BCUT2D eigenvalue weighted by Gasteiger charge is 2.19. The Kier molecular flexibility index (Phi) is 4.39. The van der Waals surface area contributed by atoms with Crippen LogP contribution in [0.3, 0.4) is 0 Å². The van der Waals surface area contributed by atoms with Crippen LogP contribution in [0.2, 0.25) is 0 Å². The van der Waals surface area contributed by atoms with Crippen LogP contribution in [0.25, 0.3) is 0 Å². The van der Waals surface area contributed by atoms with E-state index in [1.54, 1.807) is 7.05 Å². The predicted molar refractivity (Wildman–Crippen MR) is 68.2 cm³/mol. The molecule has 0 aliphatic carbocycles. The fourth-order valence-electron chi connectivity index (χ4n) is 2.08. The summed E-state index contributed by atoms with van der Waals surface area (Å²) in [6.45, 7) is 0. The molecule has 0 saturated carbocycles. The Morgan fingerprint density at radius 1 is 0.900 bits per heavy atom. The van der Waals surface area contributed by atoms with Crippen molar-refractivity contribution in [1.29, 1.82) is 0 Å². The third-order valence-corrected chi connectivity index (χ3v) is 3.16. The highest BCUT2D eigenvalue weighted by molar-refractivity contribution is 5.27. The fourth-order valence-corrected chi connectivity index (χ4v) is 2.08. The first kappa shape index (κ1) is 14.5. The van der Waals surface area contributed by atoms with Crippen LogP contribution in [-0.4, -0.2) is 7.05 Å². The molecule has 1 nitrogen and oxygen atoms in total. The molecule has 106 valence electrons. The van der Waals surface area contributed by atoms with Crippen LogP contribution in [-0.2, 0) is 6.42 Å². The molecule has 5 heteroatoms. The van der Waals surface area contributed by atoms with Crippen molar-refractivity contribution in [2.45, 2.75) is 12.5 Å². The maximum Gasteiger partial charge on any atom is 0.163 e.